The van der Waals surface area contributed by atoms with E-state index in [0.29, 0.717) is 6.04 Å². The third kappa shape index (κ3) is 2.72. The quantitative estimate of drug-likeness (QED) is 0.852. The molecule has 1 saturated carbocycles. The predicted molar refractivity (Wildman–Crippen MR) is 64.1 cm³/mol. The molecule has 0 radical (unpaired) electrons. The second-order valence-corrected chi connectivity index (χ2v) is 5.31. The second-order valence-electron chi connectivity index (χ2n) is 4.46. The van der Waals surface area contributed by atoms with Crippen LogP contribution >= 0.6 is 11.3 Å². The molecule has 1 aliphatic rings. The van der Waals surface area contributed by atoms with Crippen LogP contribution in [0.1, 0.15) is 43.1 Å². The van der Waals surface area contributed by atoms with E-state index in [4.69, 9.17) is 5.11 Å². The summed E-state index contributed by atoms with van der Waals surface area (Å²) in [6, 6.07) is 0.455. The molecule has 88 valence electrons. The number of hydrogen-bond donors (Lipinski definition) is 2. The molecule has 1 fully saturated rings. The first-order valence-corrected chi connectivity index (χ1v) is 6.48. The summed E-state index contributed by atoms with van der Waals surface area (Å²) in [5, 5.41) is 14.4. The lowest BCUT2D eigenvalue weighted by atomic mass is 9.87. The average molecular weight is 240 g/mol. The van der Waals surface area contributed by atoms with Crippen LogP contribution in [0.4, 0.5) is 5.13 Å². The number of aromatic carboxylic acids is 1. The van der Waals surface area contributed by atoms with Gasteiger partial charge in [0, 0.05) is 11.4 Å². The molecule has 1 heterocycles. The zero-order valence-electron chi connectivity index (χ0n) is 9.27. The maximum absolute atomic E-state index is 10.7. The lowest BCUT2D eigenvalue weighted by molar-refractivity contribution is 0.0691. The van der Waals surface area contributed by atoms with Crippen molar-refractivity contribution >= 4 is 22.4 Å². The van der Waals surface area contributed by atoms with E-state index in [1.165, 1.54) is 24.2 Å². The standard InChI is InChI=1S/C11H16N2O2S/c1-7-3-2-4-8(5-7)12-11-13-9(6-16-11)10(14)15/h6-8H,2-5H2,1H3,(H,12,13)(H,14,15). The van der Waals surface area contributed by atoms with E-state index in [-0.39, 0.29) is 5.69 Å². The molecule has 0 aliphatic heterocycles. The van der Waals surface area contributed by atoms with Gasteiger partial charge in [-0.15, -0.1) is 11.3 Å². The fraction of sp³-hybridized carbons (Fsp3) is 0.636. The Morgan fingerprint density at radius 3 is 3.06 bits per heavy atom. The van der Waals surface area contributed by atoms with Crippen LogP contribution in [-0.2, 0) is 0 Å². The highest BCUT2D eigenvalue weighted by molar-refractivity contribution is 7.13. The fourth-order valence-corrected chi connectivity index (χ4v) is 2.94. The van der Waals surface area contributed by atoms with Crippen molar-refractivity contribution in [1.82, 2.24) is 4.98 Å². The zero-order valence-corrected chi connectivity index (χ0v) is 10.1. The van der Waals surface area contributed by atoms with Gasteiger partial charge in [-0.05, 0) is 18.8 Å². The summed E-state index contributed by atoms with van der Waals surface area (Å²) >= 11 is 1.37. The van der Waals surface area contributed by atoms with Crippen LogP contribution in [0.3, 0.4) is 0 Å². The number of rotatable bonds is 3. The molecule has 0 aromatic carbocycles. The van der Waals surface area contributed by atoms with E-state index in [9.17, 15) is 4.79 Å². The van der Waals surface area contributed by atoms with Gasteiger partial charge in [0.25, 0.3) is 0 Å². The summed E-state index contributed by atoms with van der Waals surface area (Å²) in [6.07, 6.45) is 4.86. The van der Waals surface area contributed by atoms with Gasteiger partial charge >= 0.3 is 5.97 Å². The van der Waals surface area contributed by atoms with E-state index in [0.717, 1.165) is 23.9 Å². The number of carboxylic acids is 1. The molecule has 0 spiro atoms. The summed E-state index contributed by atoms with van der Waals surface area (Å²) in [5.41, 5.74) is 0.136. The molecule has 0 saturated heterocycles. The van der Waals surface area contributed by atoms with E-state index in [2.05, 4.69) is 17.2 Å². The van der Waals surface area contributed by atoms with Gasteiger partial charge in [0.1, 0.15) is 0 Å². The molecule has 2 rings (SSSR count). The van der Waals surface area contributed by atoms with Gasteiger partial charge in [0.2, 0.25) is 0 Å². The third-order valence-corrected chi connectivity index (χ3v) is 3.76. The molecule has 2 N–H and O–H groups in total. The largest absolute Gasteiger partial charge is 0.476 e. The lowest BCUT2D eigenvalue weighted by Crippen LogP contribution is -2.26. The summed E-state index contributed by atoms with van der Waals surface area (Å²) in [5.74, 6) is -0.202. The molecule has 2 atom stereocenters. The Bertz CT molecular complexity index is 378. The Morgan fingerprint density at radius 1 is 1.62 bits per heavy atom. The van der Waals surface area contributed by atoms with E-state index >= 15 is 0 Å². The number of carbonyl (C=O) groups is 1. The molecule has 0 amide bonds. The minimum Gasteiger partial charge on any atom is -0.476 e. The normalized spacial score (nSPS) is 25.3. The van der Waals surface area contributed by atoms with Crippen LogP contribution in [0.15, 0.2) is 5.38 Å². The van der Waals surface area contributed by atoms with Crippen LogP contribution in [0.2, 0.25) is 0 Å². The van der Waals surface area contributed by atoms with Gasteiger partial charge in [0.15, 0.2) is 10.8 Å². The Hall–Kier alpha value is -1.10. The Morgan fingerprint density at radius 2 is 2.44 bits per heavy atom. The van der Waals surface area contributed by atoms with Crippen LogP contribution in [0.5, 0.6) is 0 Å². The highest BCUT2D eigenvalue weighted by atomic mass is 32.1. The predicted octanol–water partition coefficient (Wildman–Crippen LogP) is 2.83. The maximum Gasteiger partial charge on any atom is 0.355 e. The minimum atomic E-state index is -0.957. The van der Waals surface area contributed by atoms with Gasteiger partial charge in [-0.2, -0.15) is 0 Å². The molecule has 4 nitrogen and oxygen atoms in total. The summed E-state index contributed by atoms with van der Waals surface area (Å²) < 4.78 is 0. The first-order chi connectivity index (χ1) is 7.65. The van der Waals surface area contributed by atoms with Crippen molar-refractivity contribution in [2.75, 3.05) is 5.32 Å². The van der Waals surface area contributed by atoms with E-state index in [1.54, 1.807) is 5.38 Å². The number of nitrogens with zero attached hydrogens (tertiary/aromatic N) is 1. The average Bonchev–Trinajstić information content (AvgIpc) is 2.66. The summed E-state index contributed by atoms with van der Waals surface area (Å²) in [4.78, 5) is 14.7. The first-order valence-electron chi connectivity index (χ1n) is 5.60. The van der Waals surface area contributed by atoms with Crippen molar-refractivity contribution in [3.05, 3.63) is 11.1 Å². The van der Waals surface area contributed by atoms with Crippen molar-refractivity contribution in [2.45, 2.75) is 38.6 Å². The van der Waals surface area contributed by atoms with E-state index < -0.39 is 5.97 Å². The molecule has 1 aliphatic carbocycles. The number of carboxylic acid groups (broad SMARTS) is 1. The second kappa shape index (κ2) is 4.82. The van der Waals surface area contributed by atoms with Crippen molar-refractivity contribution in [1.29, 1.82) is 0 Å². The molecule has 0 bridgehead atoms. The Balaban J connectivity index is 1.95. The van der Waals surface area contributed by atoms with Gasteiger partial charge in [-0.3, -0.25) is 0 Å². The van der Waals surface area contributed by atoms with Gasteiger partial charge < -0.3 is 10.4 Å². The number of anilines is 1. The van der Waals surface area contributed by atoms with Crippen molar-refractivity contribution in [2.24, 2.45) is 5.92 Å². The Kier molecular flexibility index (Phi) is 3.43. The zero-order chi connectivity index (χ0) is 11.5. The SMILES string of the molecule is CC1CCCC(Nc2nc(C(=O)O)cs2)C1. The highest BCUT2D eigenvalue weighted by Crippen LogP contribution is 2.27. The van der Waals surface area contributed by atoms with Crippen molar-refractivity contribution in [3.8, 4) is 0 Å². The summed E-state index contributed by atoms with van der Waals surface area (Å²) in [6.45, 7) is 2.26. The molecule has 1 aromatic rings. The smallest absolute Gasteiger partial charge is 0.355 e. The molecular formula is C11H16N2O2S. The summed E-state index contributed by atoms with van der Waals surface area (Å²) in [7, 11) is 0. The fourth-order valence-electron chi connectivity index (χ4n) is 2.18. The molecule has 16 heavy (non-hydrogen) atoms. The van der Waals surface area contributed by atoms with Crippen LogP contribution in [-0.4, -0.2) is 22.1 Å². The lowest BCUT2D eigenvalue weighted by Gasteiger charge is -2.27. The van der Waals surface area contributed by atoms with Gasteiger partial charge in [0.05, 0.1) is 0 Å². The van der Waals surface area contributed by atoms with Crippen LogP contribution < -0.4 is 5.32 Å². The van der Waals surface area contributed by atoms with Gasteiger partial charge in [-0.25, -0.2) is 9.78 Å². The number of hydrogen-bond acceptors (Lipinski definition) is 4. The monoisotopic (exact) mass is 240 g/mol. The van der Waals surface area contributed by atoms with E-state index in [1.807, 2.05) is 0 Å². The maximum atomic E-state index is 10.7. The molecule has 1 aromatic heterocycles. The van der Waals surface area contributed by atoms with Crippen molar-refractivity contribution in [3.63, 3.8) is 0 Å². The topological polar surface area (TPSA) is 62.2 Å². The van der Waals surface area contributed by atoms with Crippen LogP contribution in [0, 0.1) is 5.92 Å². The number of nitrogens with one attached hydrogen (secondary N) is 1. The number of aromatic nitrogens is 1. The molecule has 5 heteroatoms. The molecule has 2 unspecified atom stereocenters. The minimum absolute atomic E-state index is 0.136. The van der Waals surface area contributed by atoms with Gasteiger partial charge in [-0.1, -0.05) is 19.8 Å². The molecular weight excluding hydrogens is 224 g/mol. The Labute approximate surface area is 98.7 Å². The first kappa shape index (κ1) is 11.4. The van der Waals surface area contributed by atoms with Crippen molar-refractivity contribution < 1.29 is 9.90 Å². The third-order valence-electron chi connectivity index (χ3n) is 2.99. The number of thiazole rings is 1. The van der Waals surface area contributed by atoms with Crippen LogP contribution in [0.25, 0.3) is 0 Å². The highest BCUT2D eigenvalue weighted by Gasteiger charge is 2.19.